The summed E-state index contributed by atoms with van der Waals surface area (Å²) in [6.45, 7) is 0. The quantitative estimate of drug-likeness (QED) is 0.489. The summed E-state index contributed by atoms with van der Waals surface area (Å²) in [7, 11) is -3.67. The van der Waals surface area contributed by atoms with E-state index in [2.05, 4.69) is 9.97 Å². The van der Waals surface area contributed by atoms with Gasteiger partial charge in [-0.15, -0.1) is 11.6 Å². The third-order valence-corrected chi connectivity index (χ3v) is 4.52. The summed E-state index contributed by atoms with van der Waals surface area (Å²) in [5.74, 6) is -0.364. The minimum absolute atomic E-state index is 0.0718. The van der Waals surface area contributed by atoms with E-state index in [-0.39, 0.29) is 32.1 Å². The zero-order valence-electron chi connectivity index (χ0n) is 7.05. The molecule has 1 aromatic heterocycles. The van der Waals surface area contributed by atoms with Crippen LogP contribution in [0.2, 0.25) is 15.6 Å². The Bertz CT molecular complexity index is 453. The Labute approximate surface area is 106 Å². The molecule has 1 rings (SSSR count). The lowest BCUT2D eigenvalue weighted by Crippen LogP contribution is -2.11. The molecule has 0 unspecified atom stereocenters. The fourth-order valence-corrected chi connectivity index (χ4v) is 3.80. The van der Waals surface area contributed by atoms with E-state index < -0.39 is 9.84 Å². The molecular weight excluding hydrogens is 306 g/mol. The van der Waals surface area contributed by atoms with Crippen molar-refractivity contribution in [3.8, 4) is 0 Å². The van der Waals surface area contributed by atoms with Crippen molar-refractivity contribution in [1.82, 2.24) is 9.97 Å². The molecule has 0 saturated carbocycles. The Hall–Kier alpha value is 0.190. The standard InChI is InChI=1S/C6H4Cl4N2O2S/c7-1-2-15(13,14)3-4(8)11-6(10)12-5(3)9/h1-2H2. The number of rotatable bonds is 3. The maximum Gasteiger partial charge on any atom is 0.225 e. The normalized spacial score (nSPS) is 11.7. The summed E-state index contributed by atoms with van der Waals surface area (Å²) in [6.07, 6.45) is 0. The van der Waals surface area contributed by atoms with Crippen molar-refractivity contribution < 1.29 is 8.42 Å². The van der Waals surface area contributed by atoms with E-state index in [4.69, 9.17) is 46.4 Å². The maximum atomic E-state index is 11.6. The van der Waals surface area contributed by atoms with Gasteiger partial charge in [0.15, 0.2) is 20.1 Å². The van der Waals surface area contributed by atoms with Crippen LogP contribution < -0.4 is 0 Å². The van der Waals surface area contributed by atoms with E-state index in [1.165, 1.54) is 0 Å². The smallest absolute Gasteiger partial charge is 0.223 e. The van der Waals surface area contributed by atoms with Crippen molar-refractivity contribution in [1.29, 1.82) is 0 Å². The topological polar surface area (TPSA) is 59.9 Å². The van der Waals surface area contributed by atoms with Crippen molar-refractivity contribution in [2.24, 2.45) is 0 Å². The summed E-state index contributed by atoms with van der Waals surface area (Å²) < 4.78 is 23.2. The molecule has 0 aliphatic carbocycles. The van der Waals surface area contributed by atoms with Gasteiger partial charge in [-0.25, -0.2) is 18.4 Å². The van der Waals surface area contributed by atoms with Gasteiger partial charge in [0, 0.05) is 5.88 Å². The second-order valence-corrected chi connectivity index (χ2v) is 5.89. The molecule has 0 aliphatic rings. The summed E-state index contributed by atoms with van der Waals surface area (Å²) in [5, 5.41) is -0.815. The minimum atomic E-state index is -3.67. The minimum Gasteiger partial charge on any atom is -0.223 e. The first-order valence-corrected chi connectivity index (χ1v) is 6.88. The van der Waals surface area contributed by atoms with Crippen molar-refractivity contribution in [2.75, 3.05) is 11.6 Å². The van der Waals surface area contributed by atoms with Gasteiger partial charge >= 0.3 is 0 Å². The first kappa shape index (κ1) is 13.3. The molecule has 4 nitrogen and oxygen atoms in total. The Morgan fingerprint density at radius 2 is 1.53 bits per heavy atom. The molecule has 9 heteroatoms. The highest BCUT2D eigenvalue weighted by molar-refractivity contribution is 7.91. The molecule has 1 heterocycles. The van der Waals surface area contributed by atoms with Crippen LogP contribution in [-0.4, -0.2) is 30.0 Å². The van der Waals surface area contributed by atoms with Gasteiger partial charge in [0.2, 0.25) is 5.28 Å². The predicted octanol–water partition coefficient (Wildman–Crippen LogP) is 2.45. The van der Waals surface area contributed by atoms with E-state index in [1.807, 2.05) is 0 Å². The summed E-state index contributed by atoms with van der Waals surface area (Å²) in [6, 6.07) is 0. The number of nitrogens with zero attached hydrogens (tertiary/aromatic N) is 2. The molecule has 1 aromatic rings. The van der Waals surface area contributed by atoms with Crippen molar-refractivity contribution in [2.45, 2.75) is 4.90 Å². The Morgan fingerprint density at radius 3 is 1.93 bits per heavy atom. The first-order chi connectivity index (χ1) is 6.88. The fraction of sp³-hybridized carbons (Fsp3) is 0.333. The van der Waals surface area contributed by atoms with Crippen LogP contribution in [0.15, 0.2) is 4.90 Å². The summed E-state index contributed by atoms with van der Waals surface area (Å²) in [5.41, 5.74) is 0. The van der Waals surface area contributed by atoms with Crippen LogP contribution in [0, 0.1) is 0 Å². The molecule has 0 aliphatic heterocycles. The molecule has 0 radical (unpaired) electrons. The lowest BCUT2D eigenvalue weighted by Gasteiger charge is -2.05. The van der Waals surface area contributed by atoms with Crippen LogP contribution in [0.5, 0.6) is 0 Å². The zero-order valence-corrected chi connectivity index (χ0v) is 10.9. The van der Waals surface area contributed by atoms with Crippen LogP contribution in [0.3, 0.4) is 0 Å². The number of alkyl halides is 1. The van der Waals surface area contributed by atoms with Gasteiger partial charge in [0.25, 0.3) is 0 Å². The second kappa shape index (κ2) is 5.01. The number of hydrogen-bond acceptors (Lipinski definition) is 4. The Balaban J connectivity index is 3.38. The van der Waals surface area contributed by atoms with E-state index >= 15 is 0 Å². The highest BCUT2D eigenvalue weighted by atomic mass is 35.5. The zero-order chi connectivity index (χ0) is 11.6. The maximum absolute atomic E-state index is 11.6. The van der Waals surface area contributed by atoms with Crippen LogP contribution in [-0.2, 0) is 9.84 Å². The molecule has 0 amide bonds. The van der Waals surface area contributed by atoms with E-state index in [0.717, 1.165) is 0 Å². The highest BCUT2D eigenvalue weighted by Crippen LogP contribution is 2.28. The molecule has 0 aromatic carbocycles. The monoisotopic (exact) mass is 308 g/mol. The molecule has 0 fully saturated rings. The fourth-order valence-electron chi connectivity index (χ4n) is 0.834. The van der Waals surface area contributed by atoms with Crippen molar-refractivity contribution >= 4 is 56.2 Å². The lowest BCUT2D eigenvalue weighted by atomic mass is 10.7. The third-order valence-electron chi connectivity index (χ3n) is 1.41. The average molecular weight is 310 g/mol. The molecule has 0 spiro atoms. The van der Waals surface area contributed by atoms with Gasteiger partial charge in [0.1, 0.15) is 4.90 Å². The van der Waals surface area contributed by atoms with Crippen LogP contribution in [0.4, 0.5) is 0 Å². The van der Waals surface area contributed by atoms with Gasteiger partial charge in [-0.2, -0.15) is 0 Å². The molecule has 15 heavy (non-hydrogen) atoms. The van der Waals surface area contributed by atoms with Crippen LogP contribution in [0.1, 0.15) is 0 Å². The molecule has 0 saturated heterocycles. The molecule has 84 valence electrons. The number of sulfone groups is 1. The SMILES string of the molecule is O=S(=O)(CCCl)c1c(Cl)nc(Cl)nc1Cl. The molecule has 0 atom stereocenters. The van der Waals surface area contributed by atoms with Gasteiger partial charge < -0.3 is 0 Å². The van der Waals surface area contributed by atoms with Gasteiger partial charge in [-0.1, -0.05) is 23.2 Å². The van der Waals surface area contributed by atoms with Gasteiger partial charge in [0.05, 0.1) is 5.75 Å². The van der Waals surface area contributed by atoms with Gasteiger partial charge in [-0.3, -0.25) is 0 Å². The van der Waals surface area contributed by atoms with Crippen LogP contribution >= 0.6 is 46.4 Å². The van der Waals surface area contributed by atoms with Crippen molar-refractivity contribution in [3.05, 3.63) is 15.6 Å². The lowest BCUT2D eigenvalue weighted by molar-refractivity contribution is 0.596. The highest BCUT2D eigenvalue weighted by Gasteiger charge is 2.24. The number of aromatic nitrogens is 2. The first-order valence-electron chi connectivity index (χ1n) is 3.55. The van der Waals surface area contributed by atoms with E-state index in [1.54, 1.807) is 0 Å². The van der Waals surface area contributed by atoms with Crippen LogP contribution in [0.25, 0.3) is 0 Å². The van der Waals surface area contributed by atoms with E-state index in [0.29, 0.717) is 0 Å². The molecule has 0 bridgehead atoms. The summed E-state index contributed by atoms with van der Waals surface area (Å²) in [4.78, 5) is 6.65. The summed E-state index contributed by atoms with van der Waals surface area (Å²) >= 11 is 22.0. The Kier molecular flexibility index (Phi) is 4.43. The van der Waals surface area contributed by atoms with Crippen molar-refractivity contribution in [3.63, 3.8) is 0 Å². The van der Waals surface area contributed by atoms with Gasteiger partial charge in [-0.05, 0) is 11.6 Å². The second-order valence-electron chi connectivity index (χ2n) is 2.41. The third kappa shape index (κ3) is 3.07. The average Bonchev–Trinajstić information content (AvgIpc) is 1.99. The largest absolute Gasteiger partial charge is 0.225 e. The molecular formula is C6H4Cl4N2O2S. The predicted molar refractivity (Wildman–Crippen MR) is 59.8 cm³/mol. The molecule has 0 N–H and O–H groups in total. The Morgan fingerprint density at radius 1 is 1.07 bits per heavy atom. The van der Waals surface area contributed by atoms with E-state index in [9.17, 15) is 8.42 Å². The number of halogens is 4. The number of hydrogen-bond donors (Lipinski definition) is 0.